The van der Waals surface area contributed by atoms with E-state index in [0.717, 1.165) is 49.2 Å². The van der Waals surface area contributed by atoms with Gasteiger partial charge in [-0.3, -0.25) is 4.90 Å². The van der Waals surface area contributed by atoms with Gasteiger partial charge in [0, 0.05) is 43.4 Å². The molecule has 112 valence electrons. The van der Waals surface area contributed by atoms with Crippen molar-refractivity contribution in [1.29, 1.82) is 0 Å². The summed E-state index contributed by atoms with van der Waals surface area (Å²) in [6, 6.07) is 6.10. The van der Waals surface area contributed by atoms with Crippen LogP contribution in [0.15, 0.2) is 29.0 Å². The lowest BCUT2D eigenvalue weighted by Gasteiger charge is -2.36. The number of oxazole rings is 1. The Kier molecular flexibility index (Phi) is 4.17. The van der Waals surface area contributed by atoms with E-state index in [-0.39, 0.29) is 0 Å². The maximum Gasteiger partial charge on any atom is 0.181 e. The van der Waals surface area contributed by atoms with Crippen molar-refractivity contribution in [2.45, 2.75) is 20.4 Å². The van der Waals surface area contributed by atoms with Gasteiger partial charge >= 0.3 is 0 Å². The summed E-state index contributed by atoms with van der Waals surface area (Å²) in [7, 11) is 0. The highest BCUT2D eigenvalue weighted by atomic mass is 35.5. The van der Waals surface area contributed by atoms with E-state index in [9.17, 15) is 0 Å². The van der Waals surface area contributed by atoms with E-state index in [1.54, 1.807) is 0 Å². The minimum absolute atomic E-state index is 0.802. The summed E-state index contributed by atoms with van der Waals surface area (Å²) >= 11 is 6.12. The summed E-state index contributed by atoms with van der Waals surface area (Å²) < 4.78 is 5.26. The Hall–Kier alpha value is -1.52. The van der Waals surface area contributed by atoms with Crippen molar-refractivity contribution in [1.82, 2.24) is 9.88 Å². The molecule has 3 rings (SSSR count). The van der Waals surface area contributed by atoms with Crippen LogP contribution in [-0.2, 0) is 6.54 Å². The van der Waals surface area contributed by atoms with Crippen LogP contribution in [0.4, 0.5) is 5.69 Å². The molecule has 0 bridgehead atoms. The molecule has 1 aliphatic rings. The molecule has 2 aromatic rings. The van der Waals surface area contributed by atoms with Crippen molar-refractivity contribution >= 4 is 17.3 Å². The largest absolute Gasteiger partial charge is 0.448 e. The first kappa shape index (κ1) is 14.4. The van der Waals surface area contributed by atoms with Crippen molar-refractivity contribution in [3.05, 3.63) is 46.6 Å². The third-order valence-electron chi connectivity index (χ3n) is 4.10. The predicted octanol–water partition coefficient (Wildman–Crippen LogP) is 3.27. The Morgan fingerprint density at radius 3 is 2.62 bits per heavy atom. The molecule has 1 saturated heterocycles. The molecule has 1 aliphatic heterocycles. The van der Waals surface area contributed by atoms with Crippen molar-refractivity contribution in [2.24, 2.45) is 0 Å². The Morgan fingerprint density at radius 2 is 1.95 bits per heavy atom. The van der Waals surface area contributed by atoms with E-state index in [2.05, 4.69) is 33.8 Å². The number of aryl methyl sites for hydroxylation is 2. The average Bonchev–Trinajstić information content (AvgIpc) is 2.88. The monoisotopic (exact) mass is 305 g/mol. The maximum atomic E-state index is 6.12. The molecule has 2 heterocycles. The number of piperazine rings is 1. The van der Waals surface area contributed by atoms with Crippen LogP contribution < -0.4 is 4.90 Å². The number of nitrogens with zero attached hydrogens (tertiary/aromatic N) is 3. The minimum Gasteiger partial charge on any atom is -0.448 e. The highest BCUT2D eigenvalue weighted by Crippen LogP contribution is 2.25. The molecule has 0 amide bonds. The SMILES string of the molecule is Cc1ccc(Cl)cc1N1CCN(Cc2ncoc2C)CC1. The fourth-order valence-corrected chi connectivity index (χ4v) is 2.93. The minimum atomic E-state index is 0.802. The highest BCUT2D eigenvalue weighted by Gasteiger charge is 2.20. The first-order valence-electron chi connectivity index (χ1n) is 7.26. The van der Waals surface area contributed by atoms with Crippen molar-refractivity contribution < 1.29 is 4.42 Å². The standard InChI is InChI=1S/C16H20ClN3O/c1-12-3-4-14(17)9-16(12)20-7-5-19(6-8-20)10-15-13(2)21-11-18-15/h3-4,9,11H,5-8,10H2,1-2H3. The van der Waals surface area contributed by atoms with Crippen LogP contribution in [0.2, 0.25) is 5.02 Å². The molecule has 4 nitrogen and oxygen atoms in total. The molecule has 0 atom stereocenters. The summed E-state index contributed by atoms with van der Waals surface area (Å²) in [6.45, 7) is 9.04. The number of halogens is 1. The van der Waals surface area contributed by atoms with Crippen LogP contribution in [0, 0.1) is 13.8 Å². The van der Waals surface area contributed by atoms with E-state index in [4.69, 9.17) is 16.0 Å². The summed E-state index contributed by atoms with van der Waals surface area (Å²) in [4.78, 5) is 9.10. The lowest BCUT2D eigenvalue weighted by atomic mass is 10.1. The number of aromatic nitrogens is 1. The van der Waals surface area contributed by atoms with Crippen LogP contribution in [0.1, 0.15) is 17.0 Å². The molecule has 0 aliphatic carbocycles. The third kappa shape index (κ3) is 3.22. The Morgan fingerprint density at radius 1 is 1.19 bits per heavy atom. The van der Waals surface area contributed by atoms with E-state index in [1.807, 2.05) is 13.0 Å². The number of anilines is 1. The van der Waals surface area contributed by atoms with Gasteiger partial charge in [0.2, 0.25) is 0 Å². The zero-order chi connectivity index (χ0) is 14.8. The number of hydrogen-bond donors (Lipinski definition) is 0. The van der Waals surface area contributed by atoms with E-state index < -0.39 is 0 Å². The Labute approximate surface area is 130 Å². The Balaban J connectivity index is 1.62. The van der Waals surface area contributed by atoms with E-state index in [0.29, 0.717) is 0 Å². The quantitative estimate of drug-likeness (QED) is 0.871. The van der Waals surface area contributed by atoms with Crippen LogP contribution in [-0.4, -0.2) is 36.1 Å². The topological polar surface area (TPSA) is 32.5 Å². The number of hydrogen-bond acceptors (Lipinski definition) is 4. The summed E-state index contributed by atoms with van der Waals surface area (Å²) in [5, 5.41) is 0.802. The number of benzene rings is 1. The fraction of sp³-hybridized carbons (Fsp3) is 0.438. The maximum absolute atomic E-state index is 6.12. The zero-order valence-electron chi connectivity index (χ0n) is 12.5. The summed E-state index contributed by atoms with van der Waals surface area (Å²) in [5.41, 5.74) is 3.57. The lowest BCUT2D eigenvalue weighted by molar-refractivity contribution is 0.246. The molecule has 0 saturated carbocycles. The average molecular weight is 306 g/mol. The first-order valence-corrected chi connectivity index (χ1v) is 7.63. The first-order chi connectivity index (χ1) is 10.1. The molecule has 0 N–H and O–H groups in total. The molecule has 1 aromatic heterocycles. The van der Waals surface area contributed by atoms with E-state index in [1.165, 1.54) is 17.6 Å². The molecular formula is C16H20ClN3O. The zero-order valence-corrected chi connectivity index (χ0v) is 13.2. The molecule has 5 heteroatoms. The van der Waals surface area contributed by atoms with Gasteiger partial charge < -0.3 is 9.32 Å². The smallest absolute Gasteiger partial charge is 0.181 e. The van der Waals surface area contributed by atoms with E-state index >= 15 is 0 Å². The molecule has 1 fully saturated rings. The molecule has 21 heavy (non-hydrogen) atoms. The van der Waals surface area contributed by atoms with Crippen molar-refractivity contribution in [2.75, 3.05) is 31.1 Å². The van der Waals surface area contributed by atoms with Gasteiger partial charge in [0.25, 0.3) is 0 Å². The van der Waals surface area contributed by atoms with Gasteiger partial charge in [-0.05, 0) is 31.5 Å². The molecule has 1 aromatic carbocycles. The summed E-state index contributed by atoms with van der Waals surface area (Å²) in [5.74, 6) is 0.920. The lowest BCUT2D eigenvalue weighted by Crippen LogP contribution is -2.46. The Bertz CT molecular complexity index is 618. The van der Waals surface area contributed by atoms with Gasteiger partial charge in [-0.1, -0.05) is 17.7 Å². The van der Waals surface area contributed by atoms with Gasteiger partial charge in [0.1, 0.15) is 5.76 Å². The molecule has 0 radical (unpaired) electrons. The molecular weight excluding hydrogens is 286 g/mol. The predicted molar refractivity (Wildman–Crippen MR) is 84.9 cm³/mol. The van der Waals surface area contributed by atoms with Gasteiger partial charge in [0.05, 0.1) is 5.69 Å². The van der Waals surface area contributed by atoms with Gasteiger partial charge in [-0.2, -0.15) is 0 Å². The van der Waals surface area contributed by atoms with Crippen molar-refractivity contribution in [3.8, 4) is 0 Å². The van der Waals surface area contributed by atoms with Gasteiger partial charge in [-0.25, -0.2) is 4.98 Å². The summed E-state index contributed by atoms with van der Waals surface area (Å²) in [6.07, 6.45) is 1.52. The van der Waals surface area contributed by atoms with Crippen LogP contribution in [0.3, 0.4) is 0 Å². The second-order valence-electron chi connectivity index (χ2n) is 5.55. The second kappa shape index (κ2) is 6.08. The van der Waals surface area contributed by atoms with Gasteiger partial charge in [-0.15, -0.1) is 0 Å². The highest BCUT2D eigenvalue weighted by molar-refractivity contribution is 6.30. The van der Waals surface area contributed by atoms with Crippen LogP contribution in [0.25, 0.3) is 0 Å². The van der Waals surface area contributed by atoms with Crippen LogP contribution >= 0.6 is 11.6 Å². The molecule has 0 spiro atoms. The van der Waals surface area contributed by atoms with Crippen LogP contribution in [0.5, 0.6) is 0 Å². The fourth-order valence-electron chi connectivity index (χ4n) is 2.76. The van der Waals surface area contributed by atoms with Gasteiger partial charge in [0.15, 0.2) is 6.39 Å². The molecule has 0 unspecified atom stereocenters. The van der Waals surface area contributed by atoms with Crippen molar-refractivity contribution in [3.63, 3.8) is 0 Å². The number of rotatable bonds is 3. The second-order valence-corrected chi connectivity index (χ2v) is 5.99. The normalized spacial score (nSPS) is 16.4. The third-order valence-corrected chi connectivity index (χ3v) is 4.34.